The molecule has 2 amide bonds. The molecule has 2 aromatic heterocycles. The summed E-state index contributed by atoms with van der Waals surface area (Å²) < 4.78 is 11.5. The smallest absolute Gasteiger partial charge is 0.256 e. The number of pyridine rings is 2. The van der Waals surface area contributed by atoms with Crippen LogP contribution in [0.3, 0.4) is 0 Å². The molecule has 39 heavy (non-hydrogen) atoms. The van der Waals surface area contributed by atoms with E-state index in [2.05, 4.69) is 15.3 Å². The zero-order chi connectivity index (χ0) is 27.6. The van der Waals surface area contributed by atoms with E-state index >= 15 is 0 Å². The summed E-state index contributed by atoms with van der Waals surface area (Å²) in [4.78, 5) is 35.8. The summed E-state index contributed by atoms with van der Waals surface area (Å²) in [6, 6.07) is 10.9. The molecule has 1 aromatic carbocycles. The number of carbonyl (C=O) groups excluding carboxylic acids is 2. The molecule has 0 aliphatic carbocycles. The van der Waals surface area contributed by atoms with Crippen LogP contribution in [0.1, 0.15) is 35.3 Å². The van der Waals surface area contributed by atoms with Crippen LogP contribution in [-0.4, -0.2) is 58.1 Å². The number of hydrogen-bond acceptors (Lipinski definition) is 7. The number of aromatic nitrogens is 2. The molecule has 1 saturated heterocycles. The highest BCUT2D eigenvalue weighted by molar-refractivity contribution is 6.32. The fourth-order valence-corrected chi connectivity index (χ4v) is 4.95. The second-order valence-electron chi connectivity index (χ2n) is 10.2. The van der Waals surface area contributed by atoms with Gasteiger partial charge in [0, 0.05) is 49.1 Å². The predicted octanol–water partition coefficient (Wildman–Crippen LogP) is 3.81. The zero-order valence-corrected chi connectivity index (χ0v) is 22.6. The van der Waals surface area contributed by atoms with Crippen LogP contribution in [0.5, 0.6) is 5.75 Å². The van der Waals surface area contributed by atoms with Crippen LogP contribution in [0.4, 0.5) is 5.82 Å². The lowest BCUT2D eigenvalue weighted by atomic mass is 10.0. The van der Waals surface area contributed by atoms with E-state index < -0.39 is 0 Å². The fourth-order valence-electron chi connectivity index (χ4n) is 4.66. The predicted molar refractivity (Wildman–Crippen MR) is 148 cm³/mol. The van der Waals surface area contributed by atoms with Crippen LogP contribution in [0.25, 0.3) is 11.3 Å². The lowest BCUT2D eigenvalue weighted by Gasteiger charge is -2.42. The van der Waals surface area contributed by atoms with E-state index in [4.69, 9.17) is 26.8 Å². The third-order valence-corrected chi connectivity index (χ3v) is 7.06. The first kappa shape index (κ1) is 26.6. The summed E-state index contributed by atoms with van der Waals surface area (Å²) in [5.74, 6) is 0.731. The molecular formula is C29H30ClN5O4. The molecule has 4 heterocycles. The van der Waals surface area contributed by atoms with Crippen LogP contribution in [0.2, 0.25) is 5.02 Å². The minimum Gasteiger partial charge on any atom is -0.484 e. The maximum Gasteiger partial charge on any atom is 0.256 e. The Labute approximate surface area is 232 Å². The van der Waals surface area contributed by atoms with Crippen molar-refractivity contribution in [2.24, 2.45) is 0 Å². The number of nitrogens with one attached hydrogen (secondary N) is 1. The topological polar surface area (TPSA) is 120 Å². The first-order chi connectivity index (χ1) is 18.7. The number of ether oxygens (including phenoxy) is 2. The molecule has 0 saturated carbocycles. The van der Waals surface area contributed by atoms with Gasteiger partial charge < -0.3 is 25.4 Å². The van der Waals surface area contributed by atoms with Crippen molar-refractivity contribution in [2.75, 3.05) is 25.5 Å². The largest absolute Gasteiger partial charge is 0.484 e. The molecule has 0 radical (unpaired) electrons. The molecule has 1 fully saturated rings. The molecule has 0 spiro atoms. The fraction of sp³-hybridized carbons (Fsp3) is 0.310. The molecule has 2 aliphatic heterocycles. The van der Waals surface area contributed by atoms with Gasteiger partial charge in [0.15, 0.2) is 0 Å². The van der Waals surface area contributed by atoms with Gasteiger partial charge in [-0.25, -0.2) is 4.98 Å². The summed E-state index contributed by atoms with van der Waals surface area (Å²) >= 11 is 6.55. The highest BCUT2D eigenvalue weighted by atomic mass is 35.5. The Morgan fingerprint density at radius 2 is 2.05 bits per heavy atom. The molecule has 3 N–H and O–H groups in total. The van der Waals surface area contributed by atoms with Crippen LogP contribution in [-0.2, 0) is 22.5 Å². The van der Waals surface area contributed by atoms with Crippen molar-refractivity contribution < 1.29 is 19.1 Å². The summed E-state index contributed by atoms with van der Waals surface area (Å²) in [5, 5.41) is 3.28. The van der Waals surface area contributed by atoms with Gasteiger partial charge in [-0.2, -0.15) is 0 Å². The Kier molecular flexibility index (Phi) is 7.54. The molecule has 9 nitrogen and oxygen atoms in total. The van der Waals surface area contributed by atoms with Gasteiger partial charge in [0.25, 0.3) is 5.91 Å². The summed E-state index contributed by atoms with van der Waals surface area (Å²) in [6.45, 7) is 5.91. The number of carbonyl (C=O) groups is 2. The van der Waals surface area contributed by atoms with E-state index in [0.29, 0.717) is 60.6 Å². The first-order valence-electron chi connectivity index (χ1n) is 12.7. The minimum atomic E-state index is -0.373. The van der Waals surface area contributed by atoms with Gasteiger partial charge in [-0.3, -0.25) is 14.6 Å². The van der Waals surface area contributed by atoms with Gasteiger partial charge in [-0.1, -0.05) is 17.7 Å². The third kappa shape index (κ3) is 6.05. The average Bonchev–Trinajstić information content (AvgIpc) is 3.35. The molecule has 3 aromatic rings. The molecule has 10 heteroatoms. The maximum absolute atomic E-state index is 13.1. The third-order valence-electron chi connectivity index (χ3n) is 6.78. The second-order valence-corrected chi connectivity index (χ2v) is 10.6. The van der Waals surface area contributed by atoms with Crippen molar-refractivity contribution >= 4 is 29.2 Å². The highest BCUT2D eigenvalue weighted by Gasteiger charge is 2.34. The van der Waals surface area contributed by atoms with E-state index in [1.165, 1.54) is 6.08 Å². The second kappa shape index (κ2) is 11.0. The molecule has 202 valence electrons. The number of amides is 2. The Balaban J connectivity index is 1.22. The van der Waals surface area contributed by atoms with E-state index in [-0.39, 0.29) is 23.5 Å². The van der Waals surface area contributed by atoms with E-state index in [0.717, 1.165) is 16.7 Å². The van der Waals surface area contributed by atoms with Crippen molar-refractivity contribution in [3.05, 3.63) is 82.7 Å². The van der Waals surface area contributed by atoms with Gasteiger partial charge in [-0.15, -0.1) is 0 Å². The first-order valence-corrected chi connectivity index (χ1v) is 13.1. The van der Waals surface area contributed by atoms with Gasteiger partial charge in [-0.05, 0) is 55.8 Å². The van der Waals surface area contributed by atoms with Crippen molar-refractivity contribution in [1.29, 1.82) is 0 Å². The number of rotatable bonds is 6. The SMILES string of the molecule is CC1(C)COCCN1C(=O)c1ccc(-c2cc(Cl)c3c(c2)CC(C=CC(=O)NCc2ccc(N)nc2)O3)nc1. The molecular weight excluding hydrogens is 518 g/mol. The average molecular weight is 548 g/mol. The van der Waals surface area contributed by atoms with Crippen LogP contribution < -0.4 is 15.8 Å². The van der Waals surface area contributed by atoms with E-state index in [1.807, 2.05) is 36.9 Å². The monoisotopic (exact) mass is 547 g/mol. The van der Waals surface area contributed by atoms with Crippen molar-refractivity contribution in [2.45, 2.75) is 38.5 Å². The molecule has 0 bridgehead atoms. The number of anilines is 1. The molecule has 5 rings (SSSR count). The molecule has 1 atom stereocenters. The number of fused-ring (bicyclic) bond motifs is 1. The normalized spacial score (nSPS) is 18.0. The van der Waals surface area contributed by atoms with Crippen LogP contribution in [0.15, 0.2) is 60.9 Å². The number of nitrogens with zero attached hydrogens (tertiary/aromatic N) is 3. The quantitative estimate of drug-likeness (QED) is 0.450. The van der Waals surface area contributed by atoms with Crippen LogP contribution in [0, 0.1) is 0 Å². The summed E-state index contributed by atoms with van der Waals surface area (Å²) in [5.41, 5.74) is 9.05. The zero-order valence-electron chi connectivity index (χ0n) is 21.8. The number of morpholine rings is 1. The van der Waals surface area contributed by atoms with Crippen LogP contribution >= 0.6 is 11.6 Å². The Morgan fingerprint density at radius 3 is 2.77 bits per heavy atom. The van der Waals surface area contributed by atoms with Gasteiger partial charge in [0.1, 0.15) is 17.7 Å². The Morgan fingerprint density at radius 1 is 1.21 bits per heavy atom. The van der Waals surface area contributed by atoms with E-state index in [9.17, 15) is 9.59 Å². The highest BCUT2D eigenvalue weighted by Crippen LogP contribution is 2.39. The lowest BCUT2D eigenvalue weighted by Crippen LogP contribution is -2.55. The van der Waals surface area contributed by atoms with Gasteiger partial charge in [0.05, 0.1) is 35.0 Å². The number of hydrogen-bond donors (Lipinski definition) is 2. The number of benzene rings is 1. The maximum atomic E-state index is 13.1. The van der Waals surface area contributed by atoms with Crippen molar-refractivity contribution in [3.63, 3.8) is 0 Å². The summed E-state index contributed by atoms with van der Waals surface area (Å²) in [7, 11) is 0. The van der Waals surface area contributed by atoms with Gasteiger partial charge >= 0.3 is 0 Å². The van der Waals surface area contributed by atoms with Crippen molar-refractivity contribution in [3.8, 4) is 17.0 Å². The van der Waals surface area contributed by atoms with Gasteiger partial charge in [0.2, 0.25) is 5.91 Å². The lowest BCUT2D eigenvalue weighted by molar-refractivity contribution is -0.116. The Hall–Kier alpha value is -3.95. The number of nitrogen functional groups attached to an aromatic ring is 1. The molecule has 2 aliphatic rings. The van der Waals surface area contributed by atoms with Crippen molar-refractivity contribution in [1.82, 2.24) is 20.2 Å². The summed E-state index contributed by atoms with van der Waals surface area (Å²) in [6.07, 6.45) is 6.66. The Bertz CT molecular complexity index is 1410. The standard InChI is InChI=1S/C29H30ClN5O4/c1-29(2)17-38-10-9-35(29)28(37)19-4-6-24(32-16-19)20-11-21-12-22(39-27(21)23(30)13-20)5-8-26(36)34-15-18-3-7-25(31)33-14-18/h3-8,11,13-14,16,22H,9-10,12,15,17H2,1-2H3,(H2,31,33)(H,34,36). The van der Waals surface area contributed by atoms with E-state index in [1.54, 1.807) is 36.7 Å². The molecule has 1 unspecified atom stereocenters. The minimum absolute atomic E-state index is 0.0634. The number of halogens is 1. The number of nitrogens with two attached hydrogens (primary N) is 1.